The molecule has 1 aliphatic carbocycles. The number of carbonyl (C=O) groups is 1. The van der Waals surface area contributed by atoms with Crippen LogP contribution in [0.2, 0.25) is 0 Å². The summed E-state index contributed by atoms with van der Waals surface area (Å²) in [7, 11) is -3.56. The highest BCUT2D eigenvalue weighted by Crippen LogP contribution is 2.24. The lowest BCUT2D eigenvalue weighted by Gasteiger charge is -2.38. The molecule has 8 heteroatoms. The van der Waals surface area contributed by atoms with Crippen LogP contribution in [0.4, 0.5) is 0 Å². The quantitative estimate of drug-likeness (QED) is 0.593. The minimum Gasteiger partial charge on any atom is -0.360 e. The van der Waals surface area contributed by atoms with Crippen LogP contribution < -0.4 is 5.32 Å². The number of carbonyl (C=O) groups excluding carboxylic acids is 1. The largest absolute Gasteiger partial charge is 0.360 e. The minimum atomic E-state index is -3.56. The van der Waals surface area contributed by atoms with Gasteiger partial charge in [0, 0.05) is 37.8 Å². The van der Waals surface area contributed by atoms with E-state index in [2.05, 4.69) is 17.1 Å². The molecule has 2 atom stereocenters. The van der Waals surface area contributed by atoms with Crippen molar-refractivity contribution < 1.29 is 13.2 Å². The smallest absolute Gasteiger partial charge is 0.243 e. The van der Waals surface area contributed by atoms with Crippen molar-refractivity contribution in [3.63, 3.8) is 0 Å². The van der Waals surface area contributed by atoms with E-state index in [4.69, 9.17) is 12.2 Å². The van der Waals surface area contributed by atoms with Gasteiger partial charge >= 0.3 is 0 Å². The molecular weight excluding hydrogens is 394 g/mol. The third-order valence-electron chi connectivity index (χ3n) is 5.84. The Morgan fingerprint density at radius 2 is 1.68 bits per heavy atom. The Labute approximate surface area is 173 Å². The van der Waals surface area contributed by atoms with E-state index in [-0.39, 0.29) is 10.7 Å². The number of piperazine rings is 1. The highest BCUT2D eigenvalue weighted by Gasteiger charge is 2.30. The number of sulfonamides is 1. The maximum absolute atomic E-state index is 12.9. The topological polar surface area (TPSA) is 69.7 Å². The van der Waals surface area contributed by atoms with Gasteiger partial charge in [-0.3, -0.25) is 4.79 Å². The van der Waals surface area contributed by atoms with E-state index in [9.17, 15) is 13.2 Å². The third kappa shape index (κ3) is 4.72. The molecule has 1 saturated heterocycles. The number of benzene rings is 1. The minimum absolute atomic E-state index is 0.0779. The zero-order valence-electron chi connectivity index (χ0n) is 16.6. The summed E-state index contributed by atoms with van der Waals surface area (Å²) in [5.41, 5.74) is 0.511. The van der Waals surface area contributed by atoms with Gasteiger partial charge in [-0.1, -0.05) is 31.9 Å². The van der Waals surface area contributed by atoms with Crippen molar-refractivity contribution in [2.45, 2.75) is 50.5 Å². The van der Waals surface area contributed by atoms with Crippen LogP contribution >= 0.6 is 12.2 Å². The van der Waals surface area contributed by atoms with E-state index in [1.807, 2.05) is 0 Å². The highest BCUT2D eigenvalue weighted by atomic mass is 32.2. The second-order valence-corrected chi connectivity index (χ2v) is 10.1. The average molecular weight is 424 g/mol. The Kier molecular flexibility index (Phi) is 6.73. The van der Waals surface area contributed by atoms with E-state index in [1.54, 1.807) is 12.1 Å². The molecule has 6 nitrogen and oxygen atoms in total. The molecule has 0 radical (unpaired) electrons. The average Bonchev–Trinajstić information content (AvgIpc) is 2.70. The Hall–Kier alpha value is -1.51. The van der Waals surface area contributed by atoms with E-state index < -0.39 is 10.0 Å². The number of hydrogen-bond donors (Lipinski definition) is 1. The molecule has 28 heavy (non-hydrogen) atoms. The van der Waals surface area contributed by atoms with Gasteiger partial charge in [0.15, 0.2) is 10.9 Å². The molecule has 0 bridgehead atoms. The van der Waals surface area contributed by atoms with E-state index in [0.717, 1.165) is 11.5 Å². The van der Waals surface area contributed by atoms with Crippen LogP contribution in [0.5, 0.6) is 0 Å². The van der Waals surface area contributed by atoms with Crippen molar-refractivity contribution in [3.05, 3.63) is 29.8 Å². The number of nitrogens with one attached hydrogen (secondary N) is 1. The van der Waals surface area contributed by atoms with Gasteiger partial charge in [-0.15, -0.1) is 0 Å². The van der Waals surface area contributed by atoms with Gasteiger partial charge < -0.3 is 10.2 Å². The van der Waals surface area contributed by atoms with E-state index >= 15 is 0 Å². The lowest BCUT2D eigenvalue weighted by Crippen LogP contribution is -2.55. The second-order valence-electron chi connectivity index (χ2n) is 7.79. The van der Waals surface area contributed by atoms with Crippen molar-refractivity contribution >= 4 is 33.1 Å². The van der Waals surface area contributed by atoms with Gasteiger partial charge in [0.2, 0.25) is 10.0 Å². The molecule has 2 fully saturated rings. The number of hydrogen-bond acceptors (Lipinski definition) is 4. The maximum Gasteiger partial charge on any atom is 0.243 e. The SMILES string of the molecule is CC(=O)c1ccc(S(=O)(=O)N2CCN(C(=S)N[C@H]3CCCC[C@@H]3C)CC2)cc1. The lowest BCUT2D eigenvalue weighted by atomic mass is 9.86. The summed E-state index contributed by atoms with van der Waals surface area (Å²) in [6, 6.07) is 6.57. The van der Waals surface area contributed by atoms with Crippen molar-refractivity contribution in [2.24, 2.45) is 5.92 Å². The molecule has 1 heterocycles. The van der Waals surface area contributed by atoms with Crippen molar-refractivity contribution in [1.29, 1.82) is 0 Å². The van der Waals surface area contributed by atoms with Crippen LogP contribution in [-0.2, 0) is 10.0 Å². The monoisotopic (exact) mass is 423 g/mol. The van der Waals surface area contributed by atoms with Crippen LogP contribution in [0.3, 0.4) is 0 Å². The third-order valence-corrected chi connectivity index (χ3v) is 8.13. The molecule has 3 rings (SSSR count). The van der Waals surface area contributed by atoms with Crippen molar-refractivity contribution in [1.82, 2.24) is 14.5 Å². The van der Waals surface area contributed by atoms with Gasteiger partial charge in [0.1, 0.15) is 0 Å². The number of thiocarbonyl (C=S) groups is 1. The first-order chi connectivity index (χ1) is 13.3. The first-order valence-corrected chi connectivity index (χ1v) is 11.8. The fourth-order valence-corrected chi connectivity index (χ4v) is 5.68. The molecule has 0 unspecified atom stereocenters. The number of Topliss-reactive ketones (excluding diaryl/α,β-unsaturated/α-hetero) is 1. The van der Waals surface area contributed by atoms with Gasteiger partial charge in [-0.05, 0) is 50.0 Å². The predicted molar refractivity (Wildman–Crippen MR) is 114 cm³/mol. The summed E-state index contributed by atoms with van der Waals surface area (Å²) >= 11 is 5.59. The Morgan fingerprint density at radius 1 is 1.07 bits per heavy atom. The van der Waals surface area contributed by atoms with Crippen molar-refractivity contribution in [3.8, 4) is 0 Å². The van der Waals surface area contributed by atoms with Crippen LogP contribution in [0, 0.1) is 5.92 Å². The number of ketones is 1. The molecule has 1 aliphatic heterocycles. The van der Waals surface area contributed by atoms with Crippen LogP contribution in [-0.4, -0.2) is 60.7 Å². The molecule has 1 N–H and O–H groups in total. The molecule has 1 aromatic rings. The summed E-state index contributed by atoms with van der Waals surface area (Å²) in [5.74, 6) is 0.539. The zero-order chi connectivity index (χ0) is 20.3. The number of rotatable bonds is 4. The maximum atomic E-state index is 12.9. The molecule has 0 aromatic heterocycles. The molecule has 1 saturated carbocycles. The predicted octanol–water partition coefficient (Wildman–Crippen LogP) is 2.65. The highest BCUT2D eigenvalue weighted by molar-refractivity contribution is 7.89. The Balaban J connectivity index is 1.58. The normalized spacial score (nSPS) is 24.0. The standard InChI is InChI=1S/C20H29N3O3S2/c1-15-5-3-4-6-19(15)21-20(27)22-11-13-23(14-12-22)28(25,26)18-9-7-17(8-10-18)16(2)24/h7-10,15,19H,3-6,11-14H2,1-2H3,(H,21,27)/t15-,19-/m0/s1. The molecule has 154 valence electrons. The first kappa shape index (κ1) is 21.2. The molecule has 2 aliphatic rings. The second kappa shape index (κ2) is 8.88. The van der Waals surface area contributed by atoms with Crippen molar-refractivity contribution in [2.75, 3.05) is 26.2 Å². The summed E-state index contributed by atoms with van der Waals surface area (Å²) in [6.45, 7) is 5.70. The van der Waals surface area contributed by atoms with Gasteiger partial charge in [-0.2, -0.15) is 4.31 Å². The molecule has 0 amide bonds. The Bertz CT molecular complexity index is 816. The van der Waals surface area contributed by atoms with Gasteiger partial charge in [0.05, 0.1) is 4.90 Å². The van der Waals surface area contributed by atoms with E-state index in [0.29, 0.717) is 43.7 Å². The fraction of sp³-hybridized carbons (Fsp3) is 0.600. The number of nitrogens with zero attached hydrogens (tertiary/aromatic N) is 2. The van der Waals surface area contributed by atoms with E-state index in [1.165, 1.54) is 42.6 Å². The van der Waals surface area contributed by atoms with Crippen LogP contribution in [0.15, 0.2) is 29.2 Å². The summed E-state index contributed by atoms with van der Waals surface area (Å²) in [6.07, 6.45) is 4.90. The van der Waals surface area contributed by atoms with Crippen LogP contribution in [0.1, 0.15) is 49.9 Å². The summed E-state index contributed by atoms with van der Waals surface area (Å²) in [4.78, 5) is 13.7. The fourth-order valence-electron chi connectivity index (χ4n) is 3.92. The summed E-state index contributed by atoms with van der Waals surface area (Å²) in [5, 5.41) is 4.24. The van der Waals surface area contributed by atoms with Gasteiger partial charge in [0.25, 0.3) is 0 Å². The van der Waals surface area contributed by atoms with Gasteiger partial charge in [-0.25, -0.2) is 8.42 Å². The summed E-state index contributed by atoms with van der Waals surface area (Å²) < 4.78 is 27.3. The van der Waals surface area contributed by atoms with Crippen LogP contribution in [0.25, 0.3) is 0 Å². The first-order valence-electron chi connectivity index (χ1n) is 9.95. The zero-order valence-corrected chi connectivity index (χ0v) is 18.2. The molecular formula is C20H29N3O3S2. The lowest BCUT2D eigenvalue weighted by molar-refractivity contribution is 0.101. The Morgan fingerprint density at radius 3 is 2.25 bits per heavy atom. The molecule has 1 aromatic carbocycles. The molecule has 0 spiro atoms.